The normalized spacial score (nSPS) is 11.6. The Morgan fingerprint density at radius 1 is 0.674 bits per heavy atom. The maximum atomic E-state index is 14.3. The van der Waals surface area contributed by atoms with Crippen LogP contribution < -0.4 is 33.0 Å². The summed E-state index contributed by atoms with van der Waals surface area (Å²) in [5.41, 5.74) is -0.460. The van der Waals surface area contributed by atoms with E-state index < -0.39 is 31.6 Å². The van der Waals surface area contributed by atoms with Gasteiger partial charge in [0.2, 0.25) is 25.8 Å². The second kappa shape index (κ2) is 12.8. The summed E-state index contributed by atoms with van der Waals surface area (Å²) in [4.78, 5) is 27.9. The maximum absolute atomic E-state index is 14.3. The van der Waals surface area contributed by atoms with Crippen molar-refractivity contribution in [1.29, 1.82) is 0 Å². The van der Waals surface area contributed by atoms with Gasteiger partial charge in [-0.3, -0.25) is 9.36 Å². The van der Waals surface area contributed by atoms with Gasteiger partial charge < -0.3 is 28.4 Å². The summed E-state index contributed by atoms with van der Waals surface area (Å²) in [6.07, 6.45) is 1.49. The van der Waals surface area contributed by atoms with Crippen molar-refractivity contribution in [2.24, 2.45) is 0 Å². The standard InChI is InChI=1S/C30H32N2O12S2/c1-39-22-15-20-21(16-23(22)40-2)29(33)31(18-9-11-19(12-10-18)32(45(7,35)36)46(8,37)38)27(30(34)44-6)26(20)17-13-24(41-3)28(43-5)25(14-17)42-4/h9-16H,1-8H3. The first-order chi connectivity index (χ1) is 21.7. The fourth-order valence-corrected chi connectivity index (χ4v) is 8.11. The molecule has 0 saturated heterocycles. The number of sulfonamides is 2. The molecule has 1 heterocycles. The summed E-state index contributed by atoms with van der Waals surface area (Å²) in [5.74, 6) is 0.378. The summed E-state index contributed by atoms with van der Waals surface area (Å²) in [7, 11) is -0.246. The minimum absolute atomic E-state index is 0.0847. The average Bonchev–Trinajstić information content (AvgIpc) is 3.01. The second-order valence-electron chi connectivity index (χ2n) is 9.76. The summed E-state index contributed by atoms with van der Waals surface area (Å²) in [6, 6.07) is 11.2. The number of methoxy groups -OCH3 is 6. The van der Waals surface area contributed by atoms with Gasteiger partial charge in [0.25, 0.3) is 5.56 Å². The van der Waals surface area contributed by atoms with Gasteiger partial charge in [0, 0.05) is 16.6 Å². The molecule has 0 aliphatic heterocycles. The SMILES string of the molecule is COC(=O)c1c(-c2cc(OC)c(OC)c(OC)c2)c2cc(OC)c(OC)cc2c(=O)n1-c1ccc(N(S(C)(=O)=O)S(C)(=O)=O)cc1. The molecule has 4 rings (SSSR count). The largest absolute Gasteiger partial charge is 0.493 e. The molecule has 0 aliphatic carbocycles. The van der Waals surface area contributed by atoms with Crippen LogP contribution in [0.4, 0.5) is 5.69 Å². The molecule has 0 unspecified atom stereocenters. The molecule has 1 aromatic heterocycles. The number of aromatic nitrogens is 1. The first kappa shape index (κ1) is 33.9. The molecule has 0 radical (unpaired) electrons. The number of nitrogens with zero attached hydrogens (tertiary/aromatic N) is 2. The molecule has 16 heteroatoms. The number of esters is 1. The van der Waals surface area contributed by atoms with Crippen LogP contribution >= 0.6 is 0 Å². The number of hydrogen-bond acceptors (Lipinski definition) is 12. The van der Waals surface area contributed by atoms with E-state index in [2.05, 4.69) is 0 Å². The number of benzene rings is 3. The number of fused-ring (bicyclic) bond motifs is 1. The first-order valence-corrected chi connectivity index (χ1v) is 16.9. The molecule has 0 amide bonds. The van der Waals surface area contributed by atoms with Gasteiger partial charge in [-0.2, -0.15) is 3.71 Å². The fraction of sp³-hybridized carbons (Fsp3) is 0.267. The van der Waals surface area contributed by atoms with Crippen LogP contribution in [0.2, 0.25) is 0 Å². The van der Waals surface area contributed by atoms with Crippen LogP contribution in [0.25, 0.3) is 27.6 Å². The molecule has 0 saturated carbocycles. The van der Waals surface area contributed by atoms with E-state index in [1.165, 1.54) is 65.9 Å². The van der Waals surface area contributed by atoms with E-state index in [1.807, 2.05) is 0 Å². The molecule has 0 spiro atoms. The van der Waals surface area contributed by atoms with Crippen LogP contribution in [0.3, 0.4) is 0 Å². The van der Waals surface area contributed by atoms with E-state index in [0.717, 1.165) is 24.2 Å². The van der Waals surface area contributed by atoms with Crippen molar-refractivity contribution in [3.8, 4) is 45.6 Å². The lowest BCUT2D eigenvalue weighted by Gasteiger charge is -2.22. The van der Waals surface area contributed by atoms with Crippen molar-refractivity contribution in [3.05, 3.63) is 64.6 Å². The van der Waals surface area contributed by atoms with E-state index in [-0.39, 0.29) is 65.9 Å². The highest BCUT2D eigenvalue weighted by Crippen LogP contribution is 2.45. The zero-order valence-corrected chi connectivity index (χ0v) is 27.9. The minimum Gasteiger partial charge on any atom is -0.493 e. The number of anilines is 1. The number of carbonyl (C=O) groups is 1. The molecule has 0 atom stereocenters. The van der Waals surface area contributed by atoms with Crippen LogP contribution in [0.5, 0.6) is 28.7 Å². The van der Waals surface area contributed by atoms with Crippen LogP contribution in [0.15, 0.2) is 53.3 Å². The molecule has 14 nitrogen and oxygen atoms in total. The summed E-state index contributed by atoms with van der Waals surface area (Å²) in [5, 5.41) is 0.387. The van der Waals surface area contributed by atoms with Gasteiger partial charge in [0.15, 0.2) is 23.0 Å². The highest BCUT2D eigenvalue weighted by molar-refractivity contribution is 8.09. The quantitative estimate of drug-likeness (QED) is 0.213. The van der Waals surface area contributed by atoms with E-state index in [1.54, 1.807) is 18.2 Å². The predicted molar refractivity (Wildman–Crippen MR) is 171 cm³/mol. The smallest absolute Gasteiger partial charge is 0.355 e. The van der Waals surface area contributed by atoms with Crippen molar-refractivity contribution < 1.29 is 50.1 Å². The van der Waals surface area contributed by atoms with Crippen LogP contribution in [-0.4, -0.2) is 82.5 Å². The van der Waals surface area contributed by atoms with Crippen LogP contribution in [0.1, 0.15) is 10.5 Å². The molecule has 0 bridgehead atoms. The first-order valence-electron chi connectivity index (χ1n) is 13.2. The monoisotopic (exact) mass is 676 g/mol. The van der Waals surface area contributed by atoms with Crippen molar-refractivity contribution in [2.75, 3.05) is 58.9 Å². The Morgan fingerprint density at radius 3 is 1.57 bits per heavy atom. The predicted octanol–water partition coefficient (Wildman–Crippen LogP) is 3.21. The third-order valence-corrected chi connectivity index (χ3v) is 10.2. The Bertz CT molecular complexity index is 2050. The second-order valence-corrected chi connectivity index (χ2v) is 13.7. The molecular formula is C30H32N2O12S2. The zero-order chi connectivity index (χ0) is 34.1. The van der Waals surface area contributed by atoms with Gasteiger partial charge in [0.1, 0.15) is 5.69 Å². The van der Waals surface area contributed by atoms with Crippen LogP contribution in [0, 0.1) is 0 Å². The minimum atomic E-state index is -4.25. The Labute approximate surface area is 265 Å². The Balaban J connectivity index is 2.23. The Morgan fingerprint density at radius 2 is 1.15 bits per heavy atom. The molecule has 246 valence electrons. The van der Waals surface area contributed by atoms with Crippen molar-refractivity contribution in [1.82, 2.24) is 4.57 Å². The molecule has 0 N–H and O–H groups in total. The molecular weight excluding hydrogens is 644 g/mol. The number of ether oxygens (including phenoxy) is 6. The van der Waals surface area contributed by atoms with Gasteiger partial charge in [-0.1, -0.05) is 0 Å². The summed E-state index contributed by atoms with van der Waals surface area (Å²) in [6.45, 7) is 0. The highest BCUT2D eigenvalue weighted by Gasteiger charge is 2.30. The topological polar surface area (TPSA) is 166 Å². The summed E-state index contributed by atoms with van der Waals surface area (Å²) >= 11 is 0. The number of carbonyl (C=O) groups excluding carboxylic acids is 1. The summed E-state index contributed by atoms with van der Waals surface area (Å²) < 4.78 is 83.5. The fourth-order valence-electron chi connectivity index (χ4n) is 5.13. The van der Waals surface area contributed by atoms with E-state index in [4.69, 9.17) is 28.4 Å². The van der Waals surface area contributed by atoms with Gasteiger partial charge in [-0.15, -0.1) is 0 Å². The van der Waals surface area contributed by atoms with E-state index in [9.17, 15) is 26.4 Å². The van der Waals surface area contributed by atoms with Gasteiger partial charge in [0.05, 0.1) is 66.2 Å². The molecule has 3 aromatic carbocycles. The Kier molecular flexibility index (Phi) is 9.44. The Hall–Kier alpha value is -4.96. The zero-order valence-electron chi connectivity index (χ0n) is 26.2. The van der Waals surface area contributed by atoms with E-state index in [0.29, 0.717) is 5.56 Å². The number of rotatable bonds is 11. The lowest BCUT2D eigenvalue weighted by atomic mass is 9.95. The van der Waals surface area contributed by atoms with Gasteiger partial charge in [-0.25, -0.2) is 21.6 Å². The lowest BCUT2D eigenvalue weighted by molar-refractivity contribution is 0.0591. The molecule has 4 aromatic rings. The third-order valence-electron chi connectivity index (χ3n) is 6.94. The number of hydrogen-bond donors (Lipinski definition) is 0. The third kappa shape index (κ3) is 6.00. The molecule has 0 fully saturated rings. The van der Waals surface area contributed by atoms with Crippen molar-refractivity contribution in [3.63, 3.8) is 0 Å². The van der Waals surface area contributed by atoms with Crippen molar-refractivity contribution >= 4 is 42.5 Å². The average molecular weight is 677 g/mol. The highest BCUT2D eigenvalue weighted by atomic mass is 32.3. The molecule has 0 aliphatic rings. The maximum Gasteiger partial charge on any atom is 0.355 e. The molecule has 46 heavy (non-hydrogen) atoms. The van der Waals surface area contributed by atoms with E-state index >= 15 is 0 Å². The lowest BCUT2D eigenvalue weighted by Crippen LogP contribution is -2.35. The van der Waals surface area contributed by atoms with Crippen molar-refractivity contribution in [2.45, 2.75) is 0 Å². The van der Waals surface area contributed by atoms with Crippen LogP contribution in [-0.2, 0) is 24.8 Å². The van der Waals surface area contributed by atoms with Gasteiger partial charge in [-0.05, 0) is 54.1 Å². The van der Waals surface area contributed by atoms with Gasteiger partial charge >= 0.3 is 5.97 Å². The number of pyridine rings is 1.